The Morgan fingerprint density at radius 3 is 2.86 bits per heavy atom. The molecule has 2 aliphatic rings. The minimum absolute atomic E-state index is 0.315. The summed E-state index contributed by atoms with van der Waals surface area (Å²) < 4.78 is 0. The molecular formula is C19H21NO. The zero-order chi connectivity index (χ0) is 14.4. The number of benzene rings is 1. The summed E-state index contributed by atoms with van der Waals surface area (Å²) in [5.41, 5.74) is 2.85. The van der Waals surface area contributed by atoms with Crippen molar-refractivity contribution in [2.24, 2.45) is 17.8 Å². The third kappa shape index (κ3) is 2.37. The molecule has 2 fully saturated rings. The lowest BCUT2D eigenvalue weighted by Gasteiger charge is -2.20. The summed E-state index contributed by atoms with van der Waals surface area (Å²) in [5, 5.41) is 1.07. The lowest BCUT2D eigenvalue weighted by Crippen LogP contribution is -2.15. The van der Waals surface area contributed by atoms with E-state index in [1.165, 1.54) is 25.7 Å². The van der Waals surface area contributed by atoms with Crippen LogP contribution in [-0.4, -0.2) is 10.8 Å². The molecule has 0 saturated heterocycles. The topological polar surface area (TPSA) is 30.0 Å². The third-order valence-corrected chi connectivity index (χ3v) is 5.48. The predicted octanol–water partition coefficient (Wildman–Crippen LogP) is 4.55. The molecule has 2 aliphatic carbocycles. The summed E-state index contributed by atoms with van der Waals surface area (Å²) in [6.45, 7) is 1.99. The van der Waals surface area contributed by atoms with Gasteiger partial charge in [0.1, 0.15) is 0 Å². The fourth-order valence-electron chi connectivity index (χ4n) is 4.38. The van der Waals surface area contributed by atoms with E-state index in [4.69, 9.17) is 0 Å². The standard InChI is InChI=1S/C19H21NO/c1-12-2-4-15-10-16(6-7-18(15)20-12)19(21)11-17-9-13-3-5-14(17)8-13/h2,4,6-7,10,13-14,17H,3,5,8-9,11H2,1H3. The van der Waals surface area contributed by atoms with Crippen molar-refractivity contribution < 1.29 is 4.79 Å². The first kappa shape index (κ1) is 13.0. The molecule has 2 nitrogen and oxygen atoms in total. The molecule has 1 aromatic carbocycles. The van der Waals surface area contributed by atoms with Gasteiger partial charge in [0.25, 0.3) is 0 Å². The number of aromatic nitrogens is 1. The summed E-state index contributed by atoms with van der Waals surface area (Å²) in [6.07, 6.45) is 6.15. The van der Waals surface area contributed by atoms with Gasteiger partial charge in [-0.05, 0) is 68.2 Å². The number of aryl methyl sites for hydroxylation is 1. The maximum absolute atomic E-state index is 12.6. The zero-order valence-corrected chi connectivity index (χ0v) is 12.5. The summed E-state index contributed by atoms with van der Waals surface area (Å²) >= 11 is 0. The van der Waals surface area contributed by atoms with Crippen LogP contribution < -0.4 is 0 Å². The maximum Gasteiger partial charge on any atom is 0.163 e. The van der Waals surface area contributed by atoms with Crippen molar-refractivity contribution in [2.75, 3.05) is 0 Å². The van der Waals surface area contributed by atoms with E-state index in [0.717, 1.165) is 40.4 Å². The largest absolute Gasteiger partial charge is 0.294 e. The number of ketones is 1. The van der Waals surface area contributed by atoms with Gasteiger partial charge >= 0.3 is 0 Å². The van der Waals surface area contributed by atoms with E-state index in [0.29, 0.717) is 11.7 Å². The molecule has 3 atom stereocenters. The Bertz CT molecular complexity index is 706. The van der Waals surface area contributed by atoms with Crippen molar-refractivity contribution in [1.29, 1.82) is 0 Å². The molecule has 2 bridgehead atoms. The van der Waals surface area contributed by atoms with Gasteiger partial charge in [-0.2, -0.15) is 0 Å². The molecule has 1 heterocycles. The van der Waals surface area contributed by atoms with Crippen molar-refractivity contribution in [3.63, 3.8) is 0 Å². The Morgan fingerprint density at radius 1 is 1.19 bits per heavy atom. The number of carbonyl (C=O) groups is 1. The van der Waals surface area contributed by atoms with Crippen molar-refractivity contribution in [3.8, 4) is 0 Å². The molecular weight excluding hydrogens is 258 g/mol. The SMILES string of the molecule is Cc1ccc2cc(C(=O)CC3CC4CCC3C4)ccc2n1. The molecule has 0 aliphatic heterocycles. The van der Waals surface area contributed by atoms with Gasteiger partial charge in [0.2, 0.25) is 0 Å². The highest BCUT2D eigenvalue weighted by Crippen LogP contribution is 2.49. The number of pyridine rings is 1. The summed E-state index contributed by atoms with van der Waals surface area (Å²) in [4.78, 5) is 17.1. The fourth-order valence-corrected chi connectivity index (χ4v) is 4.38. The number of nitrogens with zero attached hydrogens (tertiary/aromatic N) is 1. The van der Waals surface area contributed by atoms with Crippen LogP contribution in [0, 0.1) is 24.7 Å². The Kier molecular flexibility index (Phi) is 3.06. The Hall–Kier alpha value is -1.70. The van der Waals surface area contributed by atoms with Crippen LogP contribution in [0.3, 0.4) is 0 Å². The van der Waals surface area contributed by atoms with Crippen molar-refractivity contribution >= 4 is 16.7 Å². The summed E-state index contributed by atoms with van der Waals surface area (Å²) in [5.74, 6) is 2.69. The fraction of sp³-hybridized carbons (Fsp3) is 0.474. The van der Waals surface area contributed by atoms with Gasteiger partial charge in [-0.1, -0.05) is 12.5 Å². The molecule has 2 aromatic rings. The minimum Gasteiger partial charge on any atom is -0.294 e. The lowest BCUT2D eigenvalue weighted by atomic mass is 9.84. The van der Waals surface area contributed by atoms with Crippen LogP contribution in [-0.2, 0) is 0 Å². The molecule has 108 valence electrons. The number of hydrogen-bond donors (Lipinski definition) is 0. The Balaban J connectivity index is 1.55. The number of carbonyl (C=O) groups excluding carboxylic acids is 1. The minimum atomic E-state index is 0.315. The molecule has 0 radical (unpaired) electrons. The zero-order valence-electron chi connectivity index (χ0n) is 12.5. The summed E-state index contributed by atoms with van der Waals surface area (Å²) in [7, 11) is 0. The highest BCUT2D eigenvalue weighted by Gasteiger charge is 2.40. The van der Waals surface area contributed by atoms with Crippen LogP contribution in [0.2, 0.25) is 0 Å². The van der Waals surface area contributed by atoms with E-state index >= 15 is 0 Å². The van der Waals surface area contributed by atoms with Gasteiger partial charge in [0.05, 0.1) is 5.52 Å². The van der Waals surface area contributed by atoms with E-state index in [9.17, 15) is 4.79 Å². The highest BCUT2D eigenvalue weighted by molar-refractivity contribution is 5.99. The third-order valence-electron chi connectivity index (χ3n) is 5.48. The van der Waals surface area contributed by atoms with Gasteiger partial charge in [-0.25, -0.2) is 0 Å². The second kappa shape index (κ2) is 4.94. The van der Waals surface area contributed by atoms with Crippen LogP contribution >= 0.6 is 0 Å². The Morgan fingerprint density at radius 2 is 2.10 bits per heavy atom. The van der Waals surface area contributed by atoms with E-state index < -0.39 is 0 Å². The molecule has 3 unspecified atom stereocenters. The average molecular weight is 279 g/mol. The quantitative estimate of drug-likeness (QED) is 0.771. The monoisotopic (exact) mass is 279 g/mol. The van der Waals surface area contributed by atoms with Crippen LogP contribution in [0.5, 0.6) is 0 Å². The van der Waals surface area contributed by atoms with E-state index in [-0.39, 0.29) is 0 Å². The molecule has 1 aromatic heterocycles. The molecule has 21 heavy (non-hydrogen) atoms. The van der Waals surface area contributed by atoms with Gasteiger partial charge in [-0.3, -0.25) is 9.78 Å². The second-order valence-corrected chi connectivity index (χ2v) is 6.92. The molecule has 4 rings (SSSR count). The smallest absolute Gasteiger partial charge is 0.163 e. The first-order valence-electron chi connectivity index (χ1n) is 8.09. The van der Waals surface area contributed by atoms with Crippen LogP contribution in [0.15, 0.2) is 30.3 Å². The van der Waals surface area contributed by atoms with Gasteiger partial charge < -0.3 is 0 Å². The number of hydrogen-bond acceptors (Lipinski definition) is 2. The van der Waals surface area contributed by atoms with Crippen LogP contribution in [0.1, 0.15) is 48.2 Å². The van der Waals surface area contributed by atoms with Gasteiger partial charge in [0.15, 0.2) is 5.78 Å². The summed E-state index contributed by atoms with van der Waals surface area (Å²) in [6, 6.07) is 10.0. The lowest BCUT2D eigenvalue weighted by molar-refractivity contribution is 0.0944. The van der Waals surface area contributed by atoms with Crippen LogP contribution in [0.4, 0.5) is 0 Å². The average Bonchev–Trinajstić information content (AvgIpc) is 3.09. The first-order valence-corrected chi connectivity index (χ1v) is 8.09. The molecule has 2 saturated carbocycles. The van der Waals surface area contributed by atoms with Crippen molar-refractivity contribution in [3.05, 3.63) is 41.6 Å². The van der Waals surface area contributed by atoms with E-state index in [1.54, 1.807) is 0 Å². The second-order valence-electron chi connectivity index (χ2n) is 6.92. The van der Waals surface area contributed by atoms with Crippen molar-refractivity contribution in [1.82, 2.24) is 4.98 Å². The van der Waals surface area contributed by atoms with Gasteiger partial charge in [-0.15, -0.1) is 0 Å². The molecule has 0 N–H and O–H groups in total. The van der Waals surface area contributed by atoms with E-state index in [1.807, 2.05) is 31.2 Å². The number of Topliss-reactive ketones (excluding diaryl/α,β-unsaturated/α-hetero) is 1. The number of fused-ring (bicyclic) bond motifs is 3. The first-order chi connectivity index (χ1) is 10.2. The Labute approximate surface area is 125 Å². The molecule has 0 spiro atoms. The molecule has 0 amide bonds. The predicted molar refractivity (Wildman–Crippen MR) is 84.4 cm³/mol. The number of rotatable bonds is 3. The molecule has 2 heteroatoms. The van der Waals surface area contributed by atoms with E-state index in [2.05, 4.69) is 11.1 Å². The van der Waals surface area contributed by atoms with Crippen LogP contribution in [0.25, 0.3) is 10.9 Å². The normalized spacial score (nSPS) is 27.4. The highest BCUT2D eigenvalue weighted by atomic mass is 16.1. The maximum atomic E-state index is 12.6. The van der Waals surface area contributed by atoms with Crippen molar-refractivity contribution in [2.45, 2.75) is 39.0 Å². The van der Waals surface area contributed by atoms with Gasteiger partial charge in [0, 0.05) is 23.1 Å².